The van der Waals surface area contributed by atoms with Crippen molar-refractivity contribution in [2.75, 3.05) is 19.6 Å². The second-order valence-corrected chi connectivity index (χ2v) is 4.41. The van der Waals surface area contributed by atoms with Crippen molar-refractivity contribution in [2.45, 2.75) is 45.6 Å². The fourth-order valence-corrected chi connectivity index (χ4v) is 1.36. The van der Waals surface area contributed by atoms with Crippen LogP contribution in [0, 0.1) is 5.92 Å². The highest BCUT2D eigenvalue weighted by molar-refractivity contribution is 4.62. The van der Waals surface area contributed by atoms with E-state index in [1.165, 1.54) is 12.8 Å². The van der Waals surface area contributed by atoms with E-state index in [2.05, 4.69) is 19.2 Å². The molecule has 3 nitrogen and oxygen atoms in total. The van der Waals surface area contributed by atoms with E-state index in [4.69, 9.17) is 11.5 Å². The summed E-state index contributed by atoms with van der Waals surface area (Å²) < 4.78 is 0. The molecule has 3 heteroatoms. The Bertz CT molecular complexity index is 115. The summed E-state index contributed by atoms with van der Waals surface area (Å²) in [7, 11) is 0. The molecular weight excluding hydrogens is 174 g/mol. The van der Waals surface area contributed by atoms with Gasteiger partial charge in [-0.2, -0.15) is 0 Å². The van der Waals surface area contributed by atoms with Gasteiger partial charge in [0.1, 0.15) is 0 Å². The first-order chi connectivity index (χ1) is 6.66. The van der Waals surface area contributed by atoms with E-state index < -0.39 is 0 Å². The lowest BCUT2D eigenvalue weighted by Gasteiger charge is -2.10. The summed E-state index contributed by atoms with van der Waals surface area (Å²) in [5.41, 5.74) is 11.3. The third-order valence-corrected chi connectivity index (χ3v) is 2.36. The van der Waals surface area contributed by atoms with E-state index >= 15 is 0 Å². The predicted octanol–water partition coefficient (Wildman–Crippen LogP) is 1.08. The van der Waals surface area contributed by atoms with Crippen LogP contribution in [0.4, 0.5) is 0 Å². The number of rotatable bonds is 9. The zero-order chi connectivity index (χ0) is 10.8. The van der Waals surface area contributed by atoms with Crippen LogP contribution in [-0.2, 0) is 0 Å². The Balaban J connectivity index is 3.05. The molecule has 0 fully saturated rings. The van der Waals surface area contributed by atoms with Crippen LogP contribution in [0.2, 0.25) is 0 Å². The normalized spacial score (nSPS) is 13.5. The predicted molar refractivity (Wildman–Crippen MR) is 63.2 cm³/mol. The Morgan fingerprint density at radius 3 is 2.36 bits per heavy atom. The second-order valence-electron chi connectivity index (χ2n) is 4.41. The van der Waals surface area contributed by atoms with Gasteiger partial charge in [0, 0.05) is 6.04 Å². The maximum Gasteiger partial charge on any atom is 0.00513 e. The van der Waals surface area contributed by atoms with Crippen molar-refractivity contribution < 1.29 is 0 Å². The standard InChI is InChI=1S/C11H27N3/c1-10(2)6-9-14-8-3-4-11(13)5-7-12/h10-11,14H,3-9,12-13H2,1-2H3. The highest BCUT2D eigenvalue weighted by Crippen LogP contribution is 1.98. The van der Waals surface area contributed by atoms with E-state index in [9.17, 15) is 0 Å². The number of hydrogen-bond donors (Lipinski definition) is 3. The summed E-state index contributed by atoms with van der Waals surface area (Å²) >= 11 is 0. The zero-order valence-electron chi connectivity index (χ0n) is 9.76. The molecule has 0 amide bonds. The van der Waals surface area contributed by atoms with Gasteiger partial charge in [0.2, 0.25) is 0 Å². The van der Waals surface area contributed by atoms with E-state index in [0.29, 0.717) is 12.6 Å². The third-order valence-electron chi connectivity index (χ3n) is 2.36. The van der Waals surface area contributed by atoms with Crippen molar-refractivity contribution in [2.24, 2.45) is 17.4 Å². The van der Waals surface area contributed by atoms with Crippen molar-refractivity contribution >= 4 is 0 Å². The smallest absolute Gasteiger partial charge is 0.00513 e. The minimum absolute atomic E-state index is 0.298. The quantitative estimate of drug-likeness (QED) is 0.489. The Hall–Kier alpha value is -0.120. The van der Waals surface area contributed by atoms with Gasteiger partial charge in [-0.15, -0.1) is 0 Å². The van der Waals surface area contributed by atoms with Crippen LogP contribution >= 0.6 is 0 Å². The molecule has 0 bridgehead atoms. The van der Waals surface area contributed by atoms with Crippen molar-refractivity contribution in [1.82, 2.24) is 5.32 Å². The van der Waals surface area contributed by atoms with Crippen LogP contribution in [0.5, 0.6) is 0 Å². The first-order valence-corrected chi connectivity index (χ1v) is 5.83. The van der Waals surface area contributed by atoms with E-state index in [0.717, 1.165) is 31.8 Å². The minimum atomic E-state index is 0.298. The summed E-state index contributed by atoms with van der Waals surface area (Å²) in [6.07, 6.45) is 4.46. The highest BCUT2D eigenvalue weighted by atomic mass is 14.8. The maximum absolute atomic E-state index is 5.84. The van der Waals surface area contributed by atoms with E-state index in [1.54, 1.807) is 0 Å². The highest BCUT2D eigenvalue weighted by Gasteiger charge is 2.00. The molecule has 0 rings (SSSR count). The number of nitrogens with one attached hydrogen (secondary N) is 1. The van der Waals surface area contributed by atoms with Crippen LogP contribution in [0.15, 0.2) is 0 Å². The average molecular weight is 201 g/mol. The average Bonchev–Trinajstić information content (AvgIpc) is 2.11. The number of nitrogens with two attached hydrogens (primary N) is 2. The van der Waals surface area contributed by atoms with Gasteiger partial charge in [0.15, 0.2) is 0 Å². The summed E-state index contributed by atoms with van der Waals surface area (Å²) in [5.74, 6) is 0.794. The van der Waals surface area contributed by atoms with Crippen LogP contribution in [0.25, 0.3) is 0 Å². The zero-order valence-corrected chi connectivity index (χ0v) is 9.76. The molecule has 0 aliphatic carbocycles. The summed E-state index contributed by atoms with van der Waals surface area (Å²) in [4.78, 5) is 0. The van der Waals surface area contributed by atoms with Gasteiger partial charge in [-0.3, -0.25) is 0 Å². The first-order valence-electron chi connectivity index (χ1n) is 5.83. The fourth-order valence-electron chi connectivity index (χ4n) is 1.36. The molecule has 86 valence electrons. The molecule has 5 N–H and O–H groups in total. The molecule has 0 saturated heterocycles. The van der Waals surface area contributed by atoms with Crippen molar-refractivity contribution in [3.8, 4) is 0 Å². The molecule has 0 spiro atoms. The first kappa shape index (κ1) is 13.9. The lowest BCUT2D eigenvalue weighted by Crippen LogP contribution is -2.26. The Kier molecular flexibility index (Phi) is 9.35. The number of hydrogen-bond acceptors (Lipinski definition) is 3. The molecule has 0 radical (unpaired) electrons. The molecule has 0 aromatic heterocycles. The van der Waals surface area contributed by atoms with Gasteiger partial charge >= 0.3 is 0 Å². The van der Waals surface area contributed by atoms with Gasteiger partial charge in [0.05, 0.1) is 0 Å². The fraction of sp³-hybridized carbons (Fsp3) is 1.00. The van der Waals surface area contributed by atoms with Gasteiger partial charge in [-0.1, -0.05) is 13.8 Å². The van der Waals surface area contributed by atoms with Crippen LogP contribution in [0.3, 0.4) is 0 Å². The maximum atomic E-state index is 5.84. The SMILES string of the molecule is CC(C)CCNCCCC(N)CCN. The molecule has 14 heavy (non-hydrogen) atoms. The molecular formula is C11H27N3. The van der Waals surface area contributed by atoms with Crippen molar-refractivity contribution in [3.05, 3.63) is 0 Å². The van der Waals surface area contributed by atoms with Gasteiger partial charge < -0.3 is 16.8 Å². The molecule has 1 atom stereocenters. The Labute approximate surface area is 88.6 Å². The summed E-state index contributed by atoms with van der Waals surface area (Å²) in [6.45, 7) is 7.43. The molecule has 0 aromatic rings. The monoisotopic (exact) mass is 201 g/mol. The topological polar surface area (TPSA) is 64.1 Å². The van der Waals surface area contributed by atoms with Gasteiger partial charge in [-0.05, 0) is 51.2 Å². The lowest BCUT2D eigenvalue weighted by atomic mass is 10.1. The van der Waals surface area contributed by atoms with Crippen LogP contribution < -0.4 is 16.8 Å². The van der Waals surface area contributed by atoms with Crippen molar-refractivity contribution in [3.63, 3.8) is 0 Å². The Morgan fingerprint density at radius 1 is 1.07 bits per heavy atom. The molecule has 0 saturated carbocycles. The molecule has 1 unspecified atom stereocenters. The Morgan fingerprint density at radius 2 is 1.79 bits per heavy atom. The molecule has 0 aliphatic heterocycles. The second kappa shape index (κ2) is 9.44. The summed E-state index contributed by atoms with van der Waals surface area (Å²) in [5, 5.41) is 3.43. The van der Waals surface area contributed by atoms with Crippen molar-refractivity contribution in [1.29, 1.82) is 0 Å². The third kappa shape index (κ3) is 9.96. The van der Waals surface area contributed by atoms with Crippen LogP contribution in [-0.4, -0.2) is 25.7 Å². The minimum Gasteiger partial charge on any atom is -0.330 e. The van der Waals surface area contributed by atoms with Gasteiger partial charge in [-0.25, -0.2) is 0 Å². The molecule has 0 heterocycles. The van der Waals surface area contributed by atoms with Crippen LogP contribution in [0.1, 0.15) is 39.5 Å². The van der Waals surface area contributed by atoms with E-state index in [-0.39, 0.29) is 0 Å². The largest absolute Gasteiger partial charge is 0.330 e. The van der Waals surface area contributed by atoms with E-state index in [1.807, 2.05) is 0 Å². The molecule has 0 aromatic carbocycles. The molecule has 0 aliphatic rings. The van der Waals surface area contributed by atoms with Gasteiger partial charge in [0.25, 0.3) is 0 Å². The summed E-state index contributed by atoms with van der Waals surface area (Å²) in [6, 6.07) is 0.298. The lowest BCUT2D eigenvalue weighted by molar-refractivity contribution is 0.501.